The quantitative estimate of drug-likeness (QED) is 0.678. The van der Waals surface area contributed by atoms with Gasteiger partial charge in [0.1, 0.15) is 5.75 Å². The van der Waals surface area contributed by atoms with Gasteiger partial charge in [0, 0.05) is 13.0 Å². The van der Waals surface area contributed by atoms with Crippen molar-refractivity contribution in [1.29, 1.82) is 0 Å². The minimum absolute atomic E-state index is 0.0963. The van der Waals surface area contributed by atoms with Gasteiger partial charge in [-0.3, -0.25) is 9.59 Å². The molecular formula is C15H21NO4. The van der Waals surface area contributed by atoms with Crippen molar-refractivity contribution >= 4 is 11.9 Å². The van der Waals surface area contributed by atoms with E-state index in [9.17, 15) is 14.7 Å². The molecule has 110 valence electrons. The lowest BCUT2D eigenvalue weighted by atomic mass is 10.0. The van der Waals surface area contributed by atoms with Gasteiger partial charge in [0.2, 0.25) is 5.91 Å². The highest BCUT2D eigenvalue weighted by Crippen LogP contribution is 2.12. The van der Waals surface area contributed by atoms with E-state index in [1.54, 1.807) is 24.3 Å². The van der Waals surface area contributed by atoms with Crippen molar-refractivity contribution in [2.24, 2.45) is 5.92 Å². The van der Waals surface area contributed by atoms with E-state index in [1.165, 1.54) is 0 Å². The van der Waals surface area contributed by atoms with Gasteiger partial charge in [0.25, 0.3) is 0 Å². The number of nitrogens with one attached hydrogen (secondary N) is 1. The molecule has 0 fully saturated rings. The minimum atomic E-state index is -0.787. The highest BCUT2D eigenvalue weighted by atomic mass is 16.4. The summed E-state index contributed by atoms with van der Waals surface area (Å²) in [7, 11) is 0. The molecule has 3 N–H and O–H groups in total. The molecule has 1 amide bonds. The maximum absolute atomic E-state index is 11.7. The van der Waals surface area contributed by atoms with Gasteiger partial charge in [-0.05, 0) is 36.5 Å². The van der Waals surface area contributed by atoms with Crippen LogP contribution >= 0.6 is 0 Å². The molecule has 5 nitrogen and oxygen atoms in total. The van der Waals surface area contributed by atoms with Crippen LogP contribution in [0.4, 0.5) is 0 Å². The summed E-state index contributed by atoms with van der Waals surface area (Å²) in [5.41, 5.74) is 0.765. The van der Waals surface area contributed by atoms with Gasteiger partial charge in [-0.2, -0.15) is 0 Å². The molecule has 0 spiro atoms. The van der Waals surface area contributed by atoms with Crippen molar-refractivity contribution in [2.75, 3.05) is 6.54 Å². The molecule has 5 heteroatoms. The van der Waals surface area contributed by atoms with Crippen molar-refractivity contribution in [3.05, 3.63) is 29.8 Å². The molecule has 1 atom stereocenters. The Morgan fingerprint density at radius 3 is 2.70 bits per heavy atom. The third-order valence-corrected chi connectivity index (χ3v) is 3.09. The summed E-state index contributed by atoms with van der Waals surface area (Å²) in [6, 6.07) is 6.61. The monoisotopic (exact) mass is 279 g/mol. The van der Waals surface area contributed by atoms with Crippen molar-refractivity contribution < 1.29 is 19.8 Å². The lowest BCUT2D eigenvalue weighted by Crippen LogP contribution is -2.27. The SMILES string of the molecule is CC(CCNC(=O)Cc1cccc(O)c1)CCC(=O)O. The Bertz CT molecular complexity index is 459. The number of carboxylic acids is 1. The molecule has 0 saturated carbocycles. The van der Waals surface area contributed by atoms with Crippen LogP contribution in [-0.2, 0) is 16.0 Å². The molecule has 0 aliphatic carbocycles. The number of benzene rings is 1. The maximum Gasteiger partial charge on any atom is 0.303 e. The third-order valence-electron chi connectivity index (χ3n) is 3.09. The lowest BCUT2D eigenvalue weighted by molar-refractivity contribution is -0.137. The highest BCUT2D eigenvalue weighted by Gasteiger charge is 2.07. The van der Waals surface area contributed by atoms with Crippen LogP contribution in [0.15, 0.2) is 24.3 Å². The fourth-order valence-electron chi connectivity index (χ4n) is 1.89. The molecule has 1 rings (SSSR count). The van der Waals surface area contributed by atoms with Crippen molar-refractivity contribution in [1.82, 2.24) is 5.32 Å². The lowest BCUT2D eigenvalue weighted by Gasteiger charge is -2.10. The van der Waals surface area contributed by atoms with E-state index in [1.807, 2.05) is 6.92 Å². The number of aromatic hydroxyl groups is 1. The van der Waals surface area contributed by atoms with Crippen LogP contribution < -0.4 is 5.32 Å². The number of hydrogen-bond acceptors (Lipinski definition) is 3. The van der Waals surface area contributed by atoms with Crippen LogP contribution in [0.5, 0.6) is 5.75 Å². The average molecular weight is 279 g/mol. The van der Waals surface area contributed by atoms with Crippen molar-refractivity contribution in [2.45, 2.75) is 32.6 Å². The molecule has 0 bridgehead atoms. The number of amides is 1. The van der Waals surface area contributed by atoms with Gasteiger partial charge < -0.3 is 15.5 Å². The van der Waals surface area contributed by atoms with Gasteiger partial charge in [-0.25, -0.2) is 0 Å². The second kappa shape index (κ2) is 8.19. The number of hydrogen-bond donors (Lipinski definition) is 3. The standard InChI is InChI=1S/C15H21NO4/c1-11(5-6-15(19)20)7-8-16-14(18)10-12-3-2-4-13(17)9-12/h2-4,9,11,17H,5-8,10H2,1H3,(H,16,18)(H,19,20). The largest absolute Gasteiger partial charge is 0.508 e. The molecule has 0 aromatic heterocycles. The van der Waals surface area contributed by atoms with Crippen molar-refractivity contribution in [3.8, 4) is 5.75 Å². The molecule has 1 aromatic carbocycles. The van der Waals surface area contributed by atoms with E-state index in [4.69, 9.17) is 5.11 Å². The van der Waals surface area contributed by atoms with Crippen molar-refractivity contribution in [3.63, 3.8) is 0 Å². The molecule has 0 radical (unpaired) electrons. The van der Waals surface area contributed by atoms with Gasteiger partial charge in [0.05, 0.1) is 6.42 Å². The zero-order chi connectivity index (χ0) is 15.0. The zero-order valence-electron chi connectivity index (χ0n) is 11.6. The van der Waals surface area contributed by atoms with E-state index >= 15 is 0 Å². The fourth-order valence-corrected chi connectivity index (χ4v) is 1.89. The molecule has 1 unspecified atom stereocenters. The van der Waals surface area contributed by atoms with E-state index in [-0.39, 0.29) is 30.4 Å². The van der Waals surface area contributed by atoms with Crippen LogP contribution in [0.3, 0.4) is 0 Å². The highest BCUT2D eigenvalue weighted by molar-refractivity contribution is 5.78. The van der Waals surface area contributed by atoms with Crippen LogP contribution in [0.25, 0.3) is 0 Å². The number of rotatable bonds is 8. The van der Waals surface area contributed by atoms with Gasteiger partial charge in [-0.1, -0.05) is 19.1 Å². The van der Waals surface area contributed by atoms with E-state index < -0.39 is 5.97 Å². The first-order valence-corrected chi connectivity index (χ1v) is 6.73. The summed E-state index contributed by atoms with van der Waals surface area (Å²) >= 11 is 0. The van der Waals surface area contributed by atoms with Crippen LogP contribution in [0.2, 0.25) is 0 Å². The van der Waals surface area contributed by atoms with E-state index in [2.05, 4.69) is 5.32 Å². The van der Waals surface area contributed by atoms with E-state index in [0.717, 1.165) is 12.0 Å². The fraction of sp³-hybridized carbons (Fsp3) is 0.467. The van der Waals surface area contributed by atoms with Gasteiger partial charge >= 0.3 is 5.97 Å². The summed E-state index contributed by atoms with van der Waals surface area (Å²) in [4.78, 5) is 22.1. The molecule has 0 heterocycles. The predicted molar refractivity (Wildman–Crippen MR) is 75.5 cm³/mol. The molecule has 0 aliphatic rings. The number of phenolic OH excluding ortho intramolecular Hbond substituents is 1. The summed E-state index contributed by atoms with van der Waals surface area (Å²) in [6.07, 6.45) is 1.78. The number of phenols is 1. The molecular weight excluding hydrogens is 258 g/mol. The smallest absolute Gasteiger partial charge is 0.303 e. The Kier molecular flexibility index (Phi) is 6.56. The zero-order valence-corrected chi connectivity index (χ0v) is 11.6. The Balaban J connectivity index is 2.21. The molecule has 20 heavy (non-hydrogen) atoms. The van der Waals surface area contributed by atoms with Crippen LogP contribution in [-0.4, -0.2) is 28.6 Å². The Hall–Kier alpha value is -2.04. The third kappa shape index (κ3) is 6.78. The molecule has 1 aromatic rings. The summed E-state index contributed by atoms with van der Waals surface area (Å²) in [6.45, 7) is 2.52. The predicted octanol–water partition coefficient (Wildman–Crippen LogP) is 1.94. The number of aliphatic carboxylic acids is 1. The topological polar surface area (TPSA) is 86.6 Å². The Labute approximate surface area is 118 Å². The molecule has 0 saturated heterocycles. The minimum Gasteiger partial charge on any atom is -0.508 e. The van der Waals surface area contributed by atoms with Crippen LogP contribution in [0, 0.1) is 5.92 Å². The summed E-state index contributed by atoms with van der Waals surface area (Å²) in [5, 5.41) is 20.7. The number of carbonyl (C=O) groups excluding carboxylic acids is 1. The number of carboxylic acid groups (broad SMARTS) is 1. The Morgan fingerprint density at radius 2 is 2.05 bits per heavy atom. The number of carbonyl (C=O) groups is 2. The van der Waals surface area contributed by atoms with Gasteiger partial charge in [0.15, 0.2) is 0 Å². The molecule has 0 aliphatic heterocycles. The Morgan fingerprint density at radius 1 is 1.30 bits per heavy atom. The summed E-state index contributed by atoms with van der Waals surface area (Å²) < 4.78 is 0. The van der Waals surface area contributed by atoms with Gasteiger partial charge in [-0.15, -0.1) is 0 Å². The second-order valence-electron chi connectivity index (χ2n) is 5.02. The maximum atomic E-state index is 11.7. The second-order valence-corrected chi connectivity index (χ2v) is 5.02. The first kappa shape index (κ1) is 16.0. The van der Waals surface area contributed by atoms with Crippen LogP contribution in [0.1, 0.15) is 31.7 Å². The van der Waals surface area contributed by atoms with E-state index in [0.29, 0.717) is 13.0 Å². The first-order chi connectivity index (χ1) is 9.47. The first-order valence-electron chi connectivity index (χ1n) is 6.73. The average Bonchev–Trinajstić information content (AvgIpc) is 2.36. The summed E-state index contributed by atoms with van der Waals surface area (Å²) in [5.74, 6) is -0.462. The normalized spacial score (nSPS) is 11.8.